The van der Waals surface area contributed by atoms with Crippen LogP contribution < -0.4 is 0 Å². The molecule has 1 unspecified atom stereocenters. The fourth-order valence-electron chi connectivity index (χ4n) is 2.52. The zero-order valence-corrected chi connectivity index (χ0v) is 13.3. The summed E-state index contributed by atoms with van der Waals surface area (Å²) in [5.41, 5.74) is 2.79. The highest BCUT2D eigenvalue weighted by molar-refractivity contribution is 5.06. The summed E-state index contributed by atoms with van der Waals surface area (Å²) in [7, 11) is 1.96. The Kier molecular flexibility index (Phi) is 4.31. The van der Waals surface area contributed by atoms with Gasteiger partial charge in [-0.2, -0.15) is 10.2 Å². The molecule has 2 heterocycles. The van der Waals surface area contributed by atoms with Crippen LogP contribution in [-0.2, 0) is 26.4 Å². The van der Waals surface area contributed by atoms with Crippen molar-refractivity contribution < 1.29 is 0 Å². The molecule has 0 N–H and O–H groups in total. The first-order chi connectivity index (χ1) is 9.32. The zero-order chi connectivity index (χ0) is 14.8. The molecule has 1 atom stereocenters. The van der Waals surface area contributed by atoms with Crippen molar-refractivity contribution in [1.29, 1.82) is 0 Å². The Hall–Kier alpha value is -1.58. The van der Waals surface area contributed by atoms with Gasteiger partial charge in [0.05, 0.1) is 11.9 Å². The van der Waals surface area contributed by atoms with Crippen molar-refractivity contribution in [2.45, 2.75) is 47.1 Å². The lowest BCUT2D eigenvalue weighted by atomic mass is 9.89. The molecule has 0 aliphatic rings. The van der Waals surface area contributed by atoms with Gasteiger partial charge in [0.25, 0.3) is 0 Å². The van der Waals surface area contributed by atoms with Crippen LogP contribution in [0.25, 0.3) is 0 Å². The number of nitrogens with zero attached hydrogens (tertiary/aromatic N) is 4. The highest BCUT2D eigenvalue weighted by Gasteiger charge is 2.13. The Balaban J connectivity index is 1.89. The van der Waals surface area contributed by atoms with Crippen LogP contribution in [0.4, 0.5) is 0 Å². The summed E-state index contributed by atoms with van der Waals surface area (Å²) in [6.07, 6.45) is 8.24. The van der Waals surface area contributed by atoms with Crippen LogP contribution in [-0.4, -0.2) is 19.6 Å². The molecule has 2 rings (SSSR count). The number of hydrogen-bond acceptors (Lipinski definition) is 2. The van der Waals surface area contributed by atoms with Crippen LogP contribution in [0.15, 0.2) is 24.7 Å². The van der Waals surface area contributed by atoms with Crippen molar-refractivity contribution in [3.05, 3.63) is 35.9 Å². The average Bonchev–Trinajstić information content (AvgIpc) is 2.86. The molecular formula is C16H26N4. The third kappa shape index (κ3) is 4.51. The van der Waals surface area contributed by atoms with Crippen LogP contribution in [0.2, 0.25) is 0 Å². The van der Waals surface area contributed by atoms with Gasteiger partial charge in [-0.05, 0) is 35.8 Å². The highest BCUT2D eigenvalue weighted by Crippen LogP contribution is 2.20. The van der Waals surface area contributed by atoms with Gasteiger partial charge in [-0.3, -0.25) is 9.36 Å². The van der Waals surface area contributed by atoms with Crippen molar-refractivity contribution in [3.63, 3.8) is 0 Å². The predicted octanol–water partition coefficient (Wildman–Crippen LogP) is 3.08. The minimum atomic E-state index is 0.313. The maximum Gasteiger partial charge on any atom is 0.0627 e. The highest BCUT2D eigenvalue weighted by atomic mass is 15.3. The fraction of sp³-hybridized carbons (Fsp3) is 0.625. The van der Waals surface area contributed by atoms with E-state index in [0.717, 1.165) is 25.1 Å². The molecule has 2 aromatic heterocycles. The SMILES string of the molecule is CC(Cc1ccn(C)n1)Cn1cc(CC(C)(C)C)cn1. The summed E-state index contributed by atoms with van der Waals surface area (Å²) in [6, 6.07) is 2.09. The molecule has 0 aliphatic carbocycles. The largest absolute Gasteiger partial charge is 0.276 e. The third-order valence-electron chi connectivity index (χ3n) is 3.25. The second-order valence-electron chi connectivity index (χ2n) is 7.10. The van der Waals surface area contributed by atoms with E-state index in [4.69, 9.17) is 0 Å². The van der Waals surface area contributed by atoms with Crippen molar-refractivity contribution in [3.8, 4) is 0 Å². The molecular weight excluding hydrogens is 248 g/mol. The van der Waals surface area contributed by atoms with E-state index in [0.29, 0.717) is 11.3 Å². The molecule has 0 saturated heterocycles. The molecule has 0 aromatic carbocycles. The lowest BCUT2D eigenvalue weighted by molar-refractivity contribution is 0.410. The topological polar surface area (TPSA) is 35.6 Å². The second kappa shape index (κ2) is 5.81. The van der Waals surface area contributed by atoms with Gasteiger partial charge in [0, 0.05) is 26.0 Å². The molecule has 4 nitrogen and oxygen atoms in total. The molecule has 20 heavy (non-hydrogen) atoms. The summed E-state index contributed by atoms with van der Waals surface area (Å²) in [5.74, 6) is 0.535. The Morgan fingerprint density at radius 3 is 2.65 bits per heavy atom. The number of rotatable bonds is 5. The molecule has 4 heteroatoms. The number of hydrogen-bond donors (Lipinski definition) is 0. The predicted molar refractivity (Wildman–Crippen MR) is 81.5 cm³/mol. The van der Waals surface area contributed by atoms with E-state index in [1.165, 1.54) is 5.56 Å². The summed E-state index contributed by atoms with van der Waals surface area (Å²) in [6.45, 7) is 9.97. The summed E-state index contributed by atoms with van der Waals surface area (Å²) in [4.78, 5) is 0. The molecule has 2 aromatic rings. The van der Waals surface area contributed by atoms with Crippen molar-refractivity contribution >= 4 is 0 Å². The maximum atomic E-state index is 4.48. The van der Waals surface area contributed by atoms with Gasteiger partial charge in [-0.15, -0.1) is 0 Å². The molecule has 0 spiro atoms. The van der Waals surface area contributed by atoms with Gasteiger partial charge in [0.1, 0.15) is 0 Å². The Morgan fingerprint density at radius 1 is 1.30 bits per heavy atom. The molecule has 0 aliphatic heterocycles. The monoisotopic (exact) mass is 274 g/mol. The van der Waals surface area contributed by atoms with E-state index in [2.05, 4.69) is 54.8 Å². The van der Waals surface area contributed by atoms with Crippen LogP contribution >= 0.6 is 0 Å². The lowest BCUT2D eigenvalue weighted by Gasteiger charge is -2.16. The average molecular weight is 274 g/mol. The summed E-state index contributed by atoms with van der Waals surface area (Å²) >= 11 is 0. The van der Waals surface area contributed by atoms with Crippen LogP contribution in [0, 0.1) is 11.3 Å². The van der Waals surface area contributed by atoms with Crippen LogP contribution in [0.1, 0.15) is 39.0 Å². The first kappa shape index (κ1) is 14.8. The van der Waals surface area contributed by atoms with E-state index in [9.17, 15) is 0 Å². The summed E-state index contributed by atoms with van der Waals surface area (Å²) < 4.78 is 3.92. The van der Waals surface area contributed by atoms with Gasteiger partial charge in [-0.25, -0.2) is 0 Å². The lowest BCUT2D eigenvalue weighted by Crippen LogP contribution is -2.11. The molecule has 0 bridgehead atoms. The fourth-order valence-corrected chi connectivity index (χ4v) is 2.52. The minimum absolute atomic E-state index is 0.313. The molecule has 110 valence electrons. The maximum absolute atomic E-state index is 4.48. The van der Waals surface area contributed by atoms with Gasteiger partial charge in [0.2, 0.25) is 0 Å². The van der Waals surface area contributed by atoms with Gasteiger partial charge >= 0.3 is 0 Å². The Morgan fingerprint density at radius 2 is 2.05 bits per heavy atom. The standard InChI is InChI=1S/C16H26N4/c1-13(8-15-6-7-19(5)18-15)11-20-12-14(10-17-20)9-16(2,3)4/h6-7,10,12-13H,8-9,11H2,1-5H3. The zero-order valence-electron chi connectivity index (χ0n) is 13.3. The van der Waals surface area contributed by atoms with E-state index >= 15 is 0 Å². The van der Waals surface area contributed by atoms with Crippen molar-refractivity contribution in [2.24, 2.45) is 18.4 Å². The second-order valence-corrected chi connectivity index (χ2v) is 7.10. The number of aryl methyl sites for hydroxylation is 1. The first-order valence-corrected chi connectivity index (χ1v) is 7.32. The van der Waals surface area contributed by atoms with Gasteiger partial charge in [-0.1, -0.05) is 27.7 Å². The quantitative estimate of drug-likeness (QED) is 0.840. The van der Waals surface area contributed by atoms with Crippen LogP contribution in [0.3, 0.4) is 0 Å². The van der Waals surface area contributed by atoms with E-state index < -0.39 is 0 Å². The third-order valence-corrected chi connectivity index (χ3v) is 3.25. The van der Waals surface area contributed by atoms with Gasteiger partial charge < -0.3 is 0 Å². The molecule has 0 fully saturated rings. The van der Waals surface area contributed by atoms with Crippen LogP contribution in [0.5, 0.6) is 0 Å². The summed E-state index contributed by atoms with van der Waals surface area (Å²) in [5, 5.41) is 8.91. The van der Waals surface area contributed by atoms with Gasteiger partial charge in [0.15, 0.2) is 0 Å². The Bertz CT molecular complexity index is 545. The van der Waals surface area contributed by atoms with Crippen molar-refractivity contribution in [1.82, 2.24) is 19.6 Å². The van der Waals surface area contributed by atoms with Crippen molar-refractivity contribution in [2.75, 3.05) is 0 Å². The normalized spacial score (nSPS) is 13.7. The van der Waals surface area contributed by atoms with E-state index in [1.54, 1.807) is 0 Å². The molecule has 0 radical (unpaired) electrons. The van der Waals surface area contributed by atoms with E-state index in [1.807, 2.05) is 24.1 Å². The number of aromatic nitrogens is 4. The first-order valence-electron chi connectivity index (χ1n) is 7.32. The molecule has 0 saturated carbocycles. The smallest absolute Gasteiger partial charge is 0.0627 e. The van der Waals surface area contributed by atoms with E-state index in [-0.39, 0.29) is 0 Å². The molecule has 0 amide bonds. The Labute approximate surface area is 121 Å². The minimum Gasteiger partial charge on any atom is -0.276 e.